The Bertz CT molecular complexity index is 202. The van der Waals surface area contributed by atoms with E-state index in [1.54, 1.807) is 0 Å². The molecule has 13 heavy (non-hydrogen) atoms. The van der Waals surface area contributed by atoms with Crippen LogP contribution >= 0.6 is 27.7 Å². The van der Waals surface area contributed by atoms with Gasteiger partial charge in [-0.05, 0) is 19.3 Å². The van der Waals surface area contributed by atoms with Crippen LogP contribution in [-0.2, 0) is 0 Å². The Morgan fingerprint density at radius 1 is 1.38 bits per heavy atom. The molecule has 2 aliphatic rings. The SMILES string of the molecule is BrC[C@@H]1CN=C(N2CCCCC2)S1. The van der Waals surface area contributed by atoms with Crippen molar-refractivity contribution in [3.63, 3.8) is 0 Å². The molecular formula is C9H15BrN2S. The zero-order chi connectivity index (χ0) is 9.10. The Morgan fingerprint density at radius 2 is 2.15 bits per heavy atom. The Morgan fingerprint density at radius 3 is 2.77 bits per heavy atom. The molecule has 2 nitrogen and oxygen atoms in total. The average Bonchev–Trinajstić information content (AvgIpc) is 2.67. The van der Waals surface area contributed by atoms with Crippen molar-refractivity contribution in [1.82, 2.24) is 4.90 Å². The summed E-state index contributed by atoms with van der Waals surface area (Å²) in [6, 6.07) is 0. The van der Waals surface area contributed by atoms with Crippen LogP contribution < -0.4 is 0 Å². The molecule has 0 aromatic carbocycles. The van der Waals surface area contributed by atoms with Gasteiger partial charge in [0.2, 0.25) is 0 Å². The highest BCUT2D eigenvalue weighted by atomic mass is 79.9. The van der Waals surface area contributed by atoms with E-state index in [0.717, 1.165) is 11.9 Å². The van der Waals surface area contributed by atoms with E-state index in [1.807, 2.05) is 11.8 Å². The Hall–Kier alpha value is 0.300. The smallest absolute Gasteiger partial charge is 0.159 e. The zero-order valence-electron chi connectivity index (χ0n) is 7.71. The number of rotatable bonds is 1. The van der Waals surface area contributed by atoms with Gasteiger partial charge in [-0.3, -0.25) is 4.99 Å². The van der Waals surface area contributed by atoms with E-state index in [0.29, 0.717) is 5.25 Å². The molecule has 0 aromatic rings. The zero-order valence-corrected chi connectivity index (χ0v) is 10.1. The highest BCUT2D eigenvalue weighted by Gasteiger charge is 2.23. The summed E-state index contributed by atoms with van der Waals surface area (Å²) < 4.78 is 0. The molecule has 0 bridgehead atoms. The van der Waals surface area contributed by atoms with Crippen molar-refractivity contribution in [2.24, 2.45) is 4.99 Å². The van der Waals surface area contributed by atoms with Gasteiger partial charge in [-0.1, -0.05) is 27.7 Å². The second kappa shape index (κ2) is 4.69. The lowest BCUT2D eigenvalue weighted by Gasteiger charge is -2.28. The van der Waals surface area contributed by atoms with Gasteiger partial charge in [-0.2, -0.15) is 0 Å². The molecule has 0 amide bonds. The van der Waals surface area contributed by atoms with Crippen molar-refractivity contribution in [3.05, 3.63) is 0 Å². The first kappa shape index (κ1) is 9.84. The van der Waals surface area contributed by atoms with Crippen LogP contribution in [0.3, 0.4) is 0 Å². The largest absolute Gasteiger partial charge is 0.351 e. The van der Waals surface area contributed by atoms with E-state index in [2.05, 4.69) is 25.8 Å². The maximum atomic E-state index is 4.59. The third-order valence-corrected chi connectivity index (χ3v) is 4.96. The fourth-order valence-corrected chi connectivity index (χ4v) is 3.34. The van der Waals surface area contributed by atoms with Crippen molar-refractivity contribution >= 4 is 32.9 Å². The lowest BCUT2D eigenvalue weighted by Crippen LogP contribution is -2.33. The van der Waals surface area contributed by atoms with Gasteiger partial charge in [-0.25, -0.2) is 0 Å². The average molecular weight is 263 g/mol. The van der Waals surface area contributed by atoms with Crippen molar-refractivity contribution < 1.29 is 0 Å². The Balaban J connectivity index is 1.87. The molecule has 1 saturated heterocycles. The summed E-state index contributed by atoms with van der Waals surface area (Å²) >= 11 is 5.46. The minimum atomic E-state index is 0.678. The second-order valence-corrected chi connectivity index (χ2v) is 5.48. The predicted molar refractivity (Wildman–Crippen MR) is 62.9 cm³/mol. The highest BCUT2D eigenvalue weighted by Crippen LogP contribution is 2.26. The maximum Gasteiger partial charge on any atom is 0.159 e. The van der Waals surface area contributed by atoms with Crippen molar-refractivity contribution in [3.8, 4) is 0 Å². The van der Waals surface area contributed by atoms with Crippen LogP contribution in [0.5, 0.6) is 0 Å². The quantitative estimate of drug-likeness (QED) is 0.675. The van der Waals surface area contributed by atoms with Crippen molar-refractivity contribution in [1.29, 1.82) is 0 Å². The van der Waals surface area contributed by atoms with Crippen LogP contribution in [0.2, 0.25) is 0 Å². The number of hydrogen-bond acceptors (Lipinski definition) is 3. The predicted octanol–water partition coefficient (Wildman–Crippen LogP) is 2.34. The molecular weight excluding hydrogens is 248 g/mol. The summed E-state index contributed by atoms with van der Waals surface area (Å²) in [7, 11) is 0. The molecule has 2 rings (SSSR count). The maximum absolute atomic E-state index is 4.59. The van der Waals surface area contributed by atoms with Crippen LogP contribution in [0.4, 0.5) is 0 Å². The molecule has 4 heteroatoms. The number of aliphatic imine (C=N–C) groups is 1. The number of piperidine rings is 1. The molecule has 2 heterocycles. The van der Waals surface area contributed by atoms with E-state index in [4.69, 9.17) is 0 Å². The lowest BCUT2D eigenvalue weighted by atomic mass is 10.1. The molecule has 1 atom stereocenters. The lowest BCUT2D eigenvalue weighted by molar-refractivity contribution is 0.348. The monoisotopic (exact) mass is 262 g/mol. The van der Waals surface area contributed by atoms with E-state index in [9.17, 15) is 0 Å². The number of nitrogens with zero attached hydrogens (tertiary/aromatic N) is 2. The van der Waals surface area contributed by atoms with Gasteiger partial charge in [0.25, 0.3) is 0 Å². The van der Waals surface area contributed by atoms with Crippen LogP contribution in [0, 0.1) is 0 Å². The summed E-state index contributed by atoms with van der Waals surface area (Å²) in [5, 5.41) is 3.04. The van der Waals surface area contributed by atoms with Crippen LogP contribution in [0.15, 0.2) is 4.99 Å². The number of halogens is 1. The van der Waals surface area contributed by atoms with Gasteiger partial charge in [0, 0.05) is 23.7 Å². The Kier molecular flexibility index (Phi) is 3.55. The summed E-state index contributed by atoms with van der Waals surface area (Å²) in [6.45, 7) is 3.45. The third kappa shape index (κ3) is 2.40. The molecule has 0 spiro atoms. The van der Waals surface area contributed by atoms with Gasteiger partial charge in [0.15, 0.2) is 5.17 Å². The number of likely N-dealkylation sites (tertiary alicyclic amines) is 1. The van der Waals surface area contributed by atoms with E-state index in [-0.39, 0.29) is 0 Å². The van der Waals surface area contributed by atoms with Crippen molar-refractivity contribution in [2.75, 3.05) is 25.0 Å². The Labute approximate surface area is 92.3 Å². The van der Waals surface area contributed by atoms with Gasteiger partial charge >= 0.3 is 0 Å². The first-order valence-electron chi connectivity index (χ1n) is 4.92. The number of hydrogen-bond donors (Lipinski definition) is 0. The minimum absolute atomic E-state index is 0.678. The number of thioether (sulfide) groups is 1. The molecule has 1 fully saturated rings. The fourth-order valence-electron chi connectivity index (χ4n) is 1.74. The third-order valence-electron chi connectivity index (χ3n) is 2.50. The standard InChI is InChI=1S/C9H15BrN2S/c10-6-8-7-11-9(13-8)12-4-2-1-3-5-12/h8H,1-7H2/t8-/m1/s1. The summed E-state index contributed by atoms with van der Waals surface area (Å²) in [5.41, 5.74) is 0. The summed E-state index contributed by atoms with van der Waals surface area (Å²) in [5.74, 6) is 0. The summed E-state index contributed by atoms with van der Waals surface area (Å²) in [4.78, 5) is 7.04. The number of alkyl halides is 1. The first-order valence-corrected chi connectivity index (χ1v) is 6.92. The summed E-state index contributed by atoms with van der Waals surface area (Å²) in [6.07, 6.45) is 4.09. The van der Waals surface area contributed by atoms with Crippen LogP contribution in [0.25, 0.3) is 0 Å². The minimum Gasteiger partial charge on any atom is -0.351 e. The van der Waals surface area contributed by atoms with E-state index in [1.165, 1.54) is 37.5 Å². The molecule has 0 saturated carbocycles. The van der Waals surface area contributed by atoms with E-state index < -0.39 is 0 Å². The van der Waals surface area contributed by atoms with Gasteiger partial charge < -0.3 is 4.90 Å². The molecule has 0 aliphatic carbocycles. The molecule has 2 aliphatic heterocycles. The molecule has 0 unspecified atom stereocenters. The molecule has 74 valence electrons. The first-order chi connectivity index (χ1) is 6.40. The molecule has 0 N–H and O–H groups in total. The topological polar surface area (TPSA) is 15.6 Å². The normalized spacial score (nSPS) is 29.2. The van der Waals surface area contributed by atoms with Crippen molar-refractivity contribution in [2.45, 2.75) is 24.5 Å². The number of amidine groups is 1. The van der Waals surface area contributed by atoms with Crippen LogP contribution in [0.1, 0.15) is 19.3 Å². The molecule has 0 radical (unpaired) electrons. The fraction of sp³-hybridized carbons (Fsp3) is 0.889. The van der Waals surface area contributed by atoms with Gasteiger partial charge in [0.1, 0.15) is 0 Å². The van der Waals surface area contributed by atoms with Gasteiger partial charge in [-0.15, -0.1) is 0 Å². The highest BCUT2D eigenvalue weighted by molar-refractivity contribution is 9.09. The van der Waals surface area contributed by atoms with E-state index >= 15 is 0 Å². The van der Waals surface area contributed by atoms with Crippen LogP contribution in [-0.4, -0.2) is 40.3 Å². The second-order valence-electron chi connectivity index (χ2n) is 3.57. The molecule has 0 aromatic heterocycles. The van der Waals surface area contributed by atoms with Gasteiger partial charge in [0.05, 0.1) is 6.54 Å².